The molecule has 0 saturated carbocycles. The van der Waals surface area contributed by atoms with Crippen LogP contribution in [0.3, 0.4) is 0 Å². The Bertz CT molecular complexity index is 946. The van der Waals surface area contributed by atoms with Crippen molar-refractivity contribution in [3.05, 3.63) is 64.2 Å². The van der Waals surface area contributed by atoms with Gasteiger partial charge in [-0.2, -0.15) is 0 Å². The molecule has 0 saturated heterocycles. The lowest BCUT2D eigenvalue weighted by molar-refractivity contribution is -0.0151. The van der Waals surface area contributed by atoms with Crippen LogP contribution in [-0.2, 0) is 16.6 Å². The Morgan fingerprint density at radius 3 is 2.60 bits per heavy atom. The maximum absolute atomic E-state index is 12.8. The minimum absolute atomic E-state index is 0.0105. The molecule has 6 nitrogen and oxygen atoms in total. The average Bonchev–Trinajstić information content (AvgIpc) is 2.90. The number of hydrazine groups is 1. The van der Waals surface area contributed by atoms with Crippen molar-refractivity contribution in [2.45, 2.75) is 24.4 Å². The molecule has 1 aliphatic heterocycles. The van der Waals surface area contributed by atoms with Crippen molar-refractivity contribution >= 4 is 27.5 Å². The van der Waals surface area contributed by atoms with Crippen molar-refractivity contribution in [2.75, 3.05) is 7.05 Å². The average molecular weight is 380 g/mol. The fourth-order valence-corrected chi connectivity index (χ4v) is 4.15. The van der Waals surface area contributed by atoms with Gasteiger partial charge in [-0.1, -0.05) is 35.9 Å². The van der Waals surface area contributed by atoms with Crippen LogP contribution in [0.5, 0.6) is 0 Å². The normalized spacial score (nSPS) is 17.4. The molecule has 2 N–H and O–H groups in total. The van der Waals surface area contributed by atoms with Gasteiger partial charge in [0.05, 0.1) is 11.1 Å². The van der Waals surface area contributed by atoms with Crippen LogP contribution in [0.2, 0.25) is 5.02 Å². The summed E-state index contributed by atoms with van der Waals surface area (Å²) in [7, 11) is -2.34. The lowest BCUT2D eigenvalue weighted by atomic mass is 10.1. The number of sulfonamides is 1. The van der Waals surface area contributed by atoms with Crippen LogP contribution in [0.15, 0.2) is 47.4 Å². The van der Waals surface area contributed by atoms with Gasteiger partial charge in [-0.3, -0.25) is 9.80 Å². The third-order valence-electron chi connectivity index (χ3n) is 4.45. The number of hydrogen-bond donors (Lipinski definition) is 1. The summed E-state index contributed by atoms with van der Waals surface area (Å²) in [5.41, 5.74) is 2.54. The molecule has 25 heavy (non-hydrogen) atoms. The molecule has 0 aromatic heterocycles. The zero-order valence-electron chi connectivity index (χ0n) is 13.8. The highest BCUT2D eigenvalue weighted by molar-refractivity contribution is 7.89. The van der Waals surface area contributed by atoms with E-state index < -0.39 is 10.0 Å². The van der Waals surface area contributed by atoms with Crippen molar-refractivity contribution in [1.29, 1.82) is 0 Å². The van der Waals surface area contributed by atoms with Gasteiger partial charge in [-0.05, 0) is 36.2 Å². The first-order valence-corrected chi connectivity index (χ1v) is 9.57. The first kappa shape index (κ1) is 17.9. The minimum Gasteiger partial charge on any atom is -0.273 e. The lowest BCUT2D eigenvalue weighted by Crippen LogP contribution is -2.42. The summed E-state index contributed by atoms with van der Waals surface area (Å²) in [6.07, 6.45) is 0. The first-order valence-electron chi connectivity index (χ1n) is 7.65. The molecule has 0 bridgehead atoms. The van der Waals surface area contributed by atoms with E-state index in [-0.39, 0.29) is 27.4 Å². The zero-order chi connectivity index (χ0) is 18.4. The van der Waals surface area contributed by atoms with Gasteiger partial charge in [0, 0.05) is 19.2 Å². The van der Waals surface area contributed by atoms with Crippen LogP contribution >= 0.6 is 11.6 Å². The van der Waals surface area contributed by atoms with E-state index in [1.54, 1.807) is 7.05 Å². The predicted molar refractivity (Wildman–Crippen MR) is 95.3 cm³/mol. The van der Waals surface area contributed by atoms with Crippen molar-refractivity contribution in [1.82, 2.24) is 10.0 Å². The van der Waals surface area contributed by atoms with Gasteiger partial charge < -0.3 is 0 Å². The number of amides is 1. The highest BCUT2D eigenvalue weighted by atomic mass is 35.5. The molecule has 132 valence electrons. The molecule has 8 heteroatoms. The molecule has 0 fully saturated rings. The molecule has 2 aromatic carbocycles. The smallest absolute Gasteiger partial charge is 0.267 e. The van der Waals surface area contributed by atoms with E-state index >= 15 is 0 Å². The number of primary sulfonamides is 1. The third kappa shape index (κ3) is 3.28. The van der Waals surface area contributed by atoms with Gasteiger partial charge in [0.1, 0.15) is 4.90 Å². The summed E-state index contributed by atoms with van der Waals surface area (Å²) in [6, 6.07) is 12.1. The topological polar surface area (TPSA) is 83.7 Å². The van der Waals surface area contributed by atoms with Gasteiger partial charge in [0.25, 0.3) is 5.91 Å². The molecule has 1 aliphatic rings. The number of hydrogen-bond acceptors (Lipinski definition) is 4. The van der Waals surface area contributed by atoms with E-state index in [4.69, 9.17) is 16.7 Å². The van der Waals surface area contributed by atoms with Crippen LogP contribution in [0.1, 0.15) is 34.5 Å². The number of benzene rings is 2. The Labute approximate surface area is 151 Å². The number of carbonyl (C=O) groups is 1. The Morgan fingerprint density at radius 2 is 1.96 bits per heavy atom. The maximum Gasteiger partial charge on any atom is 0.267 e. The largest absolute Gasteiger partial charge is 0.273 e. The number of fused-ring (bicyclic) bond motifs is 1. The van der Waals surface area contributed by atoms with Crippen LogP contribution in [0.4, 0.5) is 0 Å². The molecule has 2 aromatic rings. The molecular formula is C17H18ClN3O3S. The molecule has 0 spiro atoms. The summed E-state index contributed by atoms with van der Waals surface area (Å²) in [4.78, 5) is 12.6. The first-order chi connectivity index (χ1) is 11.7. The van der Waals surface area contributed by atoms with E-state index in [1.165, 1.54) is 28.8 Å². The molecule has 1 atom stereocenters. The zero-order valence-corrected chi connectivity index (χ0v) is 15.4. The van der Waals surface area contributed by atoms with E-state index in [2.05, 4.69) is 0 Å². The summed E-state index contributed by atoms with van der Waals surface area (Å²) in [6.45, 7) is 2.63. The molecule has 1 amide bonds. The minimum atomic E-state index is -4.00. The van der Waals surface area contributed by atoms with E-state index in [9.17, 15) is 13.2 Å². The van der Waals surface area contributed by atoms with E-state index in [0.29, 0.717) is 6.54 Å². The second-order valence-electron chi connectivity index (χ2n) is 5.99. The number of carbonyl (C=O) groups excluding carboxylic acids is 1. The third-order valence-corrected chi connectivity index (χ3v) is 5.84. The Balaban J connectivity index is 1.90. The van der Waals surface area contributed by atoms with Crippen LogP contribution in [-0.4, -0.2) is 31.4 Å². The summed E-state index contributed by atoms with van der Waals surface area (Å²) < 4.78 is 23.2. The van der Waals surface area contributed by atoms with E-state index in [1.807, 2.05) is 36.2 Å². The SMILES string of the molecule is CC1c2ccccc2CN1N(C)C(=O)c1ccc(Cl)c(S(N)(=O)=O)c1. The van der Waals surface area contributed by atoms with Gasteiger partial charge in [-0.25, -0.2) is 18.6 Å². The maximum atomic E-state index is 12.8. The highest BCUT2D eigenvalue weighted by Gasteiger charge is 2.32. The second-order valence-corrected chi connectivity index (χ2v) is 7.93. The summed E-state index contributed by atoms with van der Waals surface area (Å²) >= 11 is 5.88. The van der Waals surface area contributed by atoms with Crippen molar-refractivity contribution in [3.8, 4) is 0 Å². The highest BCUT2D eigenvalue weighted by Crippen LogP contribution is 2.34. The van der Waals surface area contributed by atoms with Gasteiger partial charge in [0.15, 0.2) is 0 Å². The van der Waals surface area contributed by atoms with Crippen molar-refractivity contribution in [2.24, 2.45) is 5.14 Å². The van der Waals surface area contributed by atoms with Crippen LogP contribution in [0, 0.1) is 0 Å². The Hall–Kier alpha value is -1.93. The molecule has 1 heterocycles. The van der Waals surface area contributed by atoms with E-state index in [0.717, 1.165) is 5.56 Å². The Morgan fingerprint density at radius 1 is 1.28 bits per heavy atom. The number of nitrogens with zero attached hydrogens (tertiary/aromatic N) is 2. The standard InChI is InChI=1S/C17H18ClN3O3S/c1-11-14-6-4-3-5-13(14)10-21(11)20(2)17(22)12-7-8-15(18)16(9-12)25(19,23)24/h3-9,11H,10H2,1-2H3,(H2,19,23,24). The molecular weight excluding hydrogens is 362 g/mol. The monoisotopic (exact) mass is 379 g/mol. The van der Waals surface area contributed by atoms with Gasteiger partial charge in [-0.15, -0.1) is 0 Å². The van der Waals surface area contributed by atoms with Gasteiger partial charge in [0.2, 0.25) is 10.0 Å². The quantitative estimate of drug-likeness (QED) is 0.888. The summed E-state index contributed by atoms with van der Waals surface area (Å²) in [5.74, 6) is -0.332. The fourth-order valence-electron chi connectivity index (χ4n) is 3.08. The summed E-state index contributed by atoms with van der Waals surface area (Å²) in [5, 5.41) is 8.58. The molecule has 3 rings (SSSR count). The molecule has 0 aliphatic carbocycles. The number of halogens is 1. The van der Waals surface area contributed by atoms with Crippen molar-refractivity contribution in [3.63, 3.8) is 0 Å². The molecule has 0 radical (unpaired) electrons. The molecule has 1 unspecified atom stereocenters. The predicted octanol–water partition coefficient (Wildman–Crippen LogP) is 2.55. The van der Waals surface area contributed by atoms with Gasteiger partial charge >= 0.3 is 0 Å². The van der Waals surface area contributed by atoms with Crippen molar-refractivity contribution < 1.29 is 13.2 Å². The van der Waals surface area contributed by atoms with Crippen LogP contribution < -0.4 is 5.14 Å². The number of rotatable bonds is 3. The lowest BCUT2D eigenvalue weighted by Gasteiger charge is -2.32. The fraction of sp³-hybridized carbons (Fsp3) is 0.235. The second kappa shape index (κ2) is 6.42. The Kier molecular flexibility index (Phi) is 4.59. The van der Waals surface area contributed by atoms with Crippen LogP contribution in [0.25, 0.3) is 0 Å². The number of nitrogens with two attached hydrogens (primary N) is 1.